The summed E-state index contributed by atoms with van der Waals surface area (Å²) in [4.78, 5) is 15.3. The summed E-state index contributed by atoms with van der Waals surface area (Å²) in [6.45, 7) is 4.34. The van der Waals surface area contributed by atoms with E-state index in [1.54, 1.807) is 12.1 Å². The van der Waals surface area contributed by atoms with Crippen LogP contribution in [0.15, 0.2) is 18.2 Å². The molecule has 98 valence electrons. The molecule has 1 aromatic carbocycles. The second-order valence-electron chi connectivity index (χ2n) is 4.71. The van der Waals surface area contributed by atoms with Gasteiger partial charge < -0.3 is 14.9 Å². The molecule has 5 heteroatoms. The lowest BCUT2D eigenvalue weighted by Gasteiger charge is -2.39. The number of carboxylic acids is 1. The number of likely N-dealkylation sites (N-methyl/N-ethyl adjacent to an activating group) is 1. The van der Waals surface area contributed by atoms with Crippen molar-refractivity contribution in [3.05, 3.63) is 29.6 Å². The smallest absolute Gasteiger partial charge is 0.340 e. The number of hydrogen-bond acceptors (Lipinski definition) is 3. The Morgan fingerprint density at radius 1 is 1.44 bits per heavy atom. The molecule has 0 aromatic heterocycles. The minimum Gasteiger partial charge on any atom is -0.478 e. The van der Waals surface area contributed by atoms with Crippen molar-refractivity contribution in [3.8, 4) is 0 Å². The van der Waals surface area contributed by atoms with Crippen molar-refractivity contribution in [1.82, 2.24) is 4.90 Å². The maximum absolute atomic E-state index is 13.6. The molecule has 0 aliphatic carbocycles. The van der Waals surface area contributed by atoms with E-state index in [0.29, 0.717) is 24.8 Å². The lowest BCUT2D eigenvalue weighted by atomic mass is 10.1. The molecule has 0 radical (unpaired) electrons. The number of nitrogens with zero attached hydrogens (tertiary/aromatic N) is 2. The van der Waals surface area contributed by atoms with Crippen LogP contribution in [0, 0.1) is 5.82 Å². The summed E-state index contributed by atoms with van der Waals surface area (Å²) in [7, 11) is 2.03. The average molecular weight is 252 g/mol. The van der Waals surface area contributed by atoms with Gasteiger partial charge in [-0.1, -0.05) is 6.07 Å². The van der Waals surface area contributed by atoms with Crippen molar-refractivity contribution in [2.45, 2.75) is 13.0 Å². The molecule has 0 spiro atoms. The van der Waals surface area contributed by atoms with Crippen molar-refractivity contribution in [2.75, 3.05) is 31.6 Å². The SMILES string of the molecule is CC1CN(c2cccc(F)c2C(=O)O)CCN1C. The number of benzene rings is 1. The van der Waals surface area contributed by atoms with E-state index in [1.807, 2.05) is 11.9 Å². The average Bonchev–Trinajstić information content (AvgIpc) is 2.32. The molecule has 1 saturated heterocycles. The van der Waals surface area contributed by atoms with E-state index in [-0.39, 0.29) is 5.56 Å². The number of carboxylic acid groups (broad SMARTS) is 1. The molecule has 1 aliphatic heterocycles. The molecule has 2 rings (SSSR count). The van der Waals surface area contributed by atoms with Gasteiger partial charge in [0.25, 0.3) is 0 Å². The molecule has 0 amide bonds. The number of carbonyl (C=O) groups is 1. The Kier molecular flexibility index (Phi) is 3.52. The Morgan fingerprint density at radius 2 is 2.17 bits per heavy atom. The molecule has 0 saturated carbocycles. The van der Waals surface area contributed by atoms with Gasteiger partial charge in [0.05, 0.1) is 5.69 Å². The largest absolute Gasteiger partial charge is 0.478 e. The highest BCUT2D eigenvalue weighted by atomic mass is 19.1. The van der Waals surface area contributed by atoms with Crippen molar-refractivity contribution in [1.29, 1.82) is 0 Å². The number of hydrogen-bond donors (Lipinski definition) is 1. The standard InChI is InChI=1S/C13H17FN2O2/c1-9-8-16(7-6-15(9)2)11-5-3-4-10(14)12(11)13(17)18/h3-5,9H,6-8H2,1-2H3,(H,17,18). The fourth-order valence-electron chi connectivity index (χ4n) is 2.26. The van der Waals surface area contributed by atoms with Crippen LogP contribution >= 0.6 is 0 Å². The number of rotatable bonds is 2. The van der Waals surface area contributed by atoms with Gasteiger partial charge in [0.15, 0.2) is 0 Å². The van der Waals surface area contributed by atoms with Gasteiger partial charge >= 0.3 is 5.97 Å². The second-order valence-corrected chi connectivity index (χ2v) is 4.71. The van der Waals surface area contributed by atoms with Gasteiger partial charge in [-0.2, -0.15) is 0 Å². The van der Waals surface area contributed by atoms with Gasteiger partial charge in [0.2, 0.25) is 0 Å². The Morgan fingerprint density at radius 3 is 2.78 bits per heavy atom. The number of halogens is 1. The van der Waals surface area contributed by atoms with Crippen LogP contribution in [-0.4, -0.2) is 48.7 Å². The molecule has 0 bridgehead atoms. The Bertz CT molecular complexity index is 464. The van der Waals surface area contributed by atoms with E-state index < -0.39 is 11.8 Å². The zero-order valence-corrected chi connectivity index (χ0v) is 10.6. The predicted octanol–water partition coefficient (Wildman–Crippen LogP) is 1.66. The van der Waals surface area contributed by atoms with Gasteiger partial charge in [-0.05, 0) is 26.1 Å². The maximum Gasteiger partial charge on any atom is 0.340 e. The molecule has 1 unspecified atom stereocenters. The topological polar surface area (TPSA) is 43.8 Å². The van der Waals surface area contributed by atoms with Crippen molar-refractivity contribution in [2.24, 2.45) is 0 Å². The van der Waals surface area contributed by atoms with Gasteiger partial charge in [0.1, 0.15) is 11.4 Å². The molecule has 18 heavy (non-hydrogen) atoms. The van der Waals surface area contributed by atoms with Crippen LogP contribution in [0.3, 0.4) is 0 Å². The second kappa shape index (κ2) is 4.94. The van der Waals surface area contributed by atoms with Crippen molar-refractivity contribution < 1.29 is 14.3 Å². The fourth-order valence-corrected chi connectivity index (χ4v) is 2.26. The van der Waals surface area contributed by atoms with Crippen LogP contribution in [-0.2, 0) is 0 Å². The lowest BCUT2D eigenvalue weighted by molar-refractivity contribution is 0.0692. The highest BCUT2D eigenvalue weighted by Crippen LogP contribution is 2.25. The summed E-state index contributed by atoms with van der Waals surface area (Å²) >= 11 is 0. The van der Waals surface area contributed by atoms with Crippen LogP contribution in [0.2, 0.25) is 0 Å². The molecule has 1 aliphatic rings. The Hall–Kier alpha value is -1.62. The quantitative estimate of drug-likeness (QED) is 0.869. The Labute approximate surface area is 106 Å². The van der Waals surface area contributed by atoms with Crippen LogP contribution in [0.1, 0.15) is 17.3 Å². The van der Waals surface area contributed by atoms with Gasteiger partial charge in [0, 0.05) is 25.7 Å². The van der Waals surface area contributed by atoms with Crippen molar-refractivity contribution >= 4 is 11.7 Å². The van der Waals surface area contributed by atoms with E-state index in [9.17, 15) is 9.18 Å². The lowest BCUT2D eigenvalue weighted by Crippen LogP contribution is -2.50. The van der Waals surface area contributed by atoms with Crippen molar-refractivity contribution in [3.63, 3.8) is 0 Å². The minimum atomic E-state index is -1.21. The zero-order chi connectivity index (χ0) is 13.3. The monoisotopic (exact) mass is 252 g/mol. The number of aromatic carboxylic acids is 1. The third-order valence-corrected chi connectivity index (χ3v) is 3.51. The van der Waals surface area contributed by atoms with E-state index in [4.69, 9.17) is 5.11 Å². The summed E-state index contributed by atoms with van der Waals surface area (Å²) in [5, 5.41) is 9.12. The first-order valence-corrected chi connectivity index (χ1v) is 5.97. The summed E-state index contributed by atoms with van der Waals surface area (Å²) in [5.74, 6) is -1.89. The summed E-state index contributed by atoms with van der Waals surface area (Å²) in [5.41, 5.74) is 0.247. The predicted molar refractivity (Wildman–Crippen MR) is 67.7 cm³/mol. The van der Waals surface area contributed by atoms with E-state index in [2.05, 4.69) is 11.8 Å². The first kappa shape index (κ1) is 12.8. The highest BCUT2D eigenvalue weighted by molar-refractivity contribution is 5.94. The van der Waals surface area contributed by atoms with E-state index >= 15 is 0 Å². The van der Waals surface area contributed by atoms with Gasteiger partial charge in [-0.15, -0.1) is 0 Å². The van der Waals surface area contributed by atoms with Crippen LogP contribution in [0.25, 0.3) is 0 Å². The zero-order valence-electron chi connectivity index (χ0n) is 10.6. The molecule has 1 fully saturated rings. The number of piperazine rings is 1. The highest BCUT2D eigenvalue weighted by Gasteiger charge is 2.25. The van der Waals surface area contributed by atoms with Crippen LogP contribution in [0.5, 0.6) is 0 Å². The van der Waals surface area contributed by atoms with Gasteiger partial charge in [-0.3, -0.25) is 0 Å². The van der Waals surface area contributed by atoms with E-state index in [0.717, 1.165) is 6.54 Å². The van der Waals surface area contributed by atoms with Crippen LogP contribution in [0.4, 0.5) is 10.1 Å². The third kappa shape index (κ3) is 2.31. The summed E-state index contributed by atoms with van der Waals surface area (Å²) < 4.78 is 13.6. The first-order chi connectivity index (χ1) is 8.50. The molecule has 1 atom stereocenters. The maximum atomic E-state index is 13.6. The third-order valence-electron chi connectivity index (χ3n) is 3.51. The molecule has 4 nitrogen and oxygen atoms in total. The summed E-state index contributed by atoms with van der Waals surface area (Å²) in [6, 6.07) is 4.74. The van der Waals surface area contributed by atoms with E-state index in [1.165, 1.54) is 6.07 Å². The Balaban J connectivity index is 2.34. The molecular formula is C13H17FN2O2. The molecule has 1 heterocycles. The summed E-state index contributed by atoms with van der Waals surface area (Å²) in [6.07, 6.45) is 0. The van der Waals surface area contributed by atoms with Crippen LogP contribution < -0.4 is 4.90 Å². The van der Waals surface area contributed by atoms with Gasteiger partial charge in [-0.25, -0.2) is 9.18 Å². The minimum absolute atomic E-state index is 0.228. The number of anilines is 1. The molecular weight excluding hydrogens is 235 g/mol. The normalized spacial score (nSPS) is 21.1. The molecule has 1 aromatic rings. The molecule has 1 N–H and O–H groups in total. The fraction of sp³-hybridized carbons (Fsp3) is 0.462. The first-order valence-electron chi connectivity index (χ1n) is 5.97.